The fourth-order valence-electron chi connectivity index (χ4n) is 3.68. The Morgan fingerprint density at radius 1 is 1.31 bits per heavy atom. The molecular weight excluding hydrogens is 480 g/mol. The van der Waals surface area contributed by atoms with Crippen LogP contribution in [0.15, 0.2) is 41.8 Å². The molecule has 11 nitrogen and oxygen atoms in total. The molecule has 1 N–H and O–H groups in total. The molecule has 4 rings (SSSR count). The van der Waals surface area contributed by atoms with Gasteiger partial charge in [-0.15, -0.1) is 5.10 Å². The fourth-order valence-corrected chi connectivity index (χ4v) is 4.02. The van der Waals surface area contributed by atoms with Crippen LogP contribution in [-0.2, 0) is 17.8 Å². The van der Waals surface area contributed by atoms with Crippen molar-refractivity contribution in [3.8, 4) is 0 Å². The molecule has 0 saturated carbocycles. The zero-order chi connectivity index (χ0) is 25.9. The van der Waals surface area contributed by atoms with Gasteiger partial charge in [0.1, 0.15) is 22.7 Å². The first-order chi connectivity index (χ1) is 17.1. The summed E-state index contributed by atoms with van der Waals surface area (Å²) in [5.41, 5.74) is 2.28. The number of rotatable bonds is 6. The molecule has 2 aromatic heterocycles. The molecule has 0 unspecified atom stereocenters. The number of carbonyl (C=O) groups excluding carboxylic acids is 2. The number of benzene rings is 1. The fraction of sp³-hybridized carbons (Fsp3) is 0.417. The van der Waals surface area contributed by atoms with Crippen molar-refractivity contribution in [2.45, 2.75) is 44.6 Å². The lowest BCUT2D eigenvalue weighted by atomic mass is 10.1. The topological polar surface area (TPSA) is 118 Å². The molecule has 1 aromatic carbocycles. The lowest BCUT2D eigenvalue weighted by molar-refractivity contribution is 0.0283. The summed E-state index contributed by atoms with van der Waals surface area (Å²) in [5.74, 6) is 0.414. The first-order valence-corrected chi connectivity index (χ1v) is 12.7. The van der Waals surface area contributed by atoms with E-state index in [0.717, 1.165) is 11.3 Å². The molecule has 3 heterocycles. The van der Waals surface area contributed by atoms with E-state index in [-0.39, 0.29) is 12.5 Å². The van der Waals surface area contributed by atoms with Gasteiger partial charge in [0.2, 0.25) is 0 Å². The number of aromatic nitrogens is 5. The Bertz CT molecular complexity index is 1260. The van der Waals surface area contributed by atoms with Gasteiger partial charge in [0.25, 0.3) is 5.91 Å². The summed E-state index contributed by atoms with van der Waals surface area (Å²) in [6, 6.07) is 7.76. The highest BCUT2D eigenvalue weighted by Gasteiger charge is 2.25. The van der Waals surface area contributed by atoms with Crippen LogP contribution in [0.1, 0.15) is 42.4 Å². The van der Waals surface area contributed by atoms with Gasteiger partial charge in [-0.1, -0.05) is 29.1 Å². The number of hydrogen-bond donors (Lipinski definition) is 1. The maximum absolute atomic E-state index is 13.3. The maximum Gasteiger partial charge on any atom is 0.410 e. The van der Waals surface area contributed by atoms with E-state index in [1.807, 2.05) is 51.3 Å². The summed E-state index contributed by atoms with van der Waals surface area (Å²) in [4.78, 5) is 37.4. The summed E-state index contributed by atoms with van der Waals surface area (Å²) in [5, 5.41) is 12.2. The Morgan fingerprint density at radius 3 is 2.86 bits per heavy atom. The summed E-state index contributed by atoms with van der Waals surface area (Å²) in [6.07, 6.45) is 4.86. The standard InChI is InChI=1S/C24H30N8O3S/c1-24(2,3)35-23(34)30(4)14-17-15-31(29-28-17)13-16-7-6-8-18(11-16)32-10-9-25-20-19(21(32)33)12-26-22(27-20)36-5/h6-8,11-12,15H,9-10,13-14H2,1-5H3,(H,25,26,27). The van der Waals surface area contributed by atoms with Crippen molar-refractivity contribution in [2.24, 2.45) is 0 Å². The number of fused-ring (bicyclic) bond motifs is 1. The second-order valence-corrected chi connectivity index (χ2v) is 10.2. The molecule has 1 aliphatic heterocycles. The Hall–Kier alpha value is -3.67. The molecule has 0 spiro atoms. The number of ether oxygens (including phenoxy) is 1. The quantitative estimate of drug-likeness (QED) is 0.394. The first-order valence-electron chi connectivity index (χ1n) is 11.5. The third-order valence-electron chi connectivity index (χ3n) is 5.31. The minimum atomic E-state index is -0.564. The second-order valence-electron chi connectivity index (χ2n) is 9.42. The Balaban J connectivity index is 1.45. The van der Waals surface area contributed by atoms with Crippen LogP contribution in [0.3, 0.4) is 0 Å². The number of nitrogens with zero attached hydrogens (tertiary/aromatic N) is 7. The molecule has 190 valence electrons. The van der Waals surface area contributed by atoms with Crippen LogP contribution in [0.5, 0.6) is 0 Å². The summed E-state index contributed by atoms with van der Waals surface area (Å²) in [7, 11) is 1.66. The van der Waals surface area contributed by atoms with Crippen LogP contribution in [0.4, 0.5) is 16.3 Å². The molecule has 3 aromatic rings. The van der Waals surface area contributed by atoms with Gasteiger partial charge in [0, 0.05) is 32.0 Å². The van der Waals surface area contributed by atoms with Gasteiger partial charge in [-0.25, -0.2) is 19.4 Å². The van der Waals surface area contributed by atoms with E-state index in [1.165, 1.54) is 16.7 Å². The lowest BCUT2D eigenvalue weighted by Gasteiger charge is -2.24. The van der Waals surface area contributed by atoms with Crippen LogP contribution in [0.25, 0.3) is 0 Å². The molecule has 0 atom stereocenters. The van der Waals surface area contributed by atoms with Crippen molar-refractivity contribution in [2.75, 3.05) is 36.6 Å². The summed E-state index contributed by atoms with van der Waals surface area (Å²) in [6.45, 7) is 7.30. The minimum absolute atomic E-state index is 0.145. The molecule has 0 fully saturated rings. The molecule has 36 heavy (non-hydrogen) atoms. The van der Waals surface area contributed by atoms with Gasteiger partial charge in [-0.3, -0.25) is 4.79 Å². The molecule has 2 amide bonds. The number of nitrogens with one attached hydrogen (secondary N) is 1. The highest BCUT2D eigenvalue weighted by molar-refractivity contribution is 7.98. The van der Waals surface area contributed by atoms with E-state index < -0.39 is 11.7 Å². The average Bonchev–Trinajstić information content (AvgIpc) is 3.19. The highest BCUT2D eigenvalue weighted by Crippen LogP contribution is 2.25. The van der Waals surface area contributed by atoms with E-state index in [1.54, 1.807) is 29.0 Å². The van der Waals surface area contributed by atoms with Crippen molar-refractivity contribution in [3.05, 3.63) is 53.5 Å². The van der Waals surface area contributed by atoms with E-state index in [2.05, 4.69) is 25.6 Å². The first kappa shape index (κ1) is 25.4. The summed E-state index contributed by atoms with van der Waals surface area (Å²) < 4.78 is 7.09. The molecule has 0 radical (unpaired) electrons. The van der Waals surface area contributed by atoms with Gasteiger partial charge >= 0.3 is 6.09 Å². The predicted molar refractivity (Wildman–Crippen MR) is 137 cm³/mol. The van der Waals surface area contributed by atoms with Crippen LogP contribution in [0.2, 0.25) is 0 Å². The number of amides is 2. The van der Waals surface area contributed by atoms with Gasteiger partial charge in [0.05, 0.1) is 19.3 Å². The maximum atomic E-state index is 13.3. The molecule has 0 saturated heterocycles. The predicted octanol–water partition coefficient (Wildman–Crippen LogP) is 3.28. The molecule has 0 aliphatic carbocycles. The zero-order valence-corrected chi connectivity index (χ0v) is 21.9. The normalized spacial score (nSPS) is 13.6. The third kappa shape index (κ3) is 6.11. The van der Waals surface area contributed by atoms with E-state index in [9.17, 15) is 9.59 Å². The van der Waals surface area contributed by atoms with Crippen molar-refractivity contribution in [1.29, 1.82) is 0 Å². The van der Waals surface area contributed by atoms with Crippen molar-refractivity contribution in [1.82, 2.24) is 29.9 Å². The smallest absolute Gasteiger partial charge is 0.410 e. The molecule has 12 heteroatoms. The molecular formula is C24H30N8O3S. The Kier molecular flexibility index (Phi) is 7.43. The van der Waals surface area contributed by atoms with Crippen molar-refractivity contribution >= 4 is 35.3 Å². The second kappa shape index (κ2) is 10.5. The lowest BCUT2D eigenvalue weighted by Crippen LogP contribution is -2.33. The molecule has 0 bridgehead atoms. The Morgan fingerprint density at radius 2 is 2.11 bits per heavy atom. The minimum Gasteiger partial charge on any atom is -0.444 e. The number of thioether (sulfide) groups is 1. The van der Waals surface area contributed by atoms with Gasteiger partial charge in [-0.05, 0) is 44.7 Å². The Labute approximate surface area is 214 Å². The van der Waals surface area contributed by atoms with Gasteiger partial charge < -0.3 is 19.9 Å². The van der Waals surface area contributed by atoms with Gasteiger partial charge in [-0.2, -0.15) is 0 Å². The number of carbonyl (C=O) groups is 2. The van der Waals surface area contributed by atoms with Crippen LogP contribution < -0.4 is 10.2 Å². The van der Waals surface area contributed by atoms with E-state index in [4.69, 9.17) is 4.74 Å². The van der Waals surface area contributed by atoms with E-state index in [0.29, 0.717) is 41.9 Å². The van der Waals surface area contributed by atoms with Crippen LogP contribution in [0, 0.1) is 0 Å². The summed E-state index contributed by atoms with van der Waals surface area (Å²) >= 11 is 1.43. The zero-order valence-electron chi connectivity index (χ0n) is 21.1. The third-order valence-corrected chi connectivity index (χ3v) is 5.87. The highest BCUT2D eigenvalue weighted by atomic mass is 32.2. The van der Waals surface area contributed by atoms with E-state index >= 15 is 0 Å². The molecule has 1 aliphatic rings. The number of anilines is 2. The SMILES string of the molecule is CSc1ncc2c(n1)NCCN(c1cccc(Cn3cc(CN(C)C(=O)OC(C)(C)C)nn3)c1)C2=O. The van der Waals surface area contributed by atoms with Crippen LogP contribution >= 0.6 is 11.8 Å². The largest absolute Gasteiger partial charge is 0.444 e. The monoisotopic (exact) mass is 510 g/mol. The average molecular weight is 511 g/mol. The van der Waals surface area contributed by atoms with Crippen molar-refractivity contribution in [3.63, 3.8) is 0 Å². The van der Waals surface area contributed by atoms with Crippen molar-refractivity contribution < 1.29 is 14.3 Å². The number of hydrogen-bond acceptors (Lipinski definition) is 9. The van der Waals surface area contributed by atoms with Crippen LogP contribution in [-0.4, -0.2) is 73.9 Å². The van der Waals surface area contributed by atoms with Gasteiger partial charge in [0.15, 0.2) is 5.16 Å².